The second kappa shape index (κ2) is 8.53. The number of hydrogen-bond acceptors (Lipinski definition) is 3. The molecule has 0 radical (unpaired) electrons. The quantitative estimate of drug-likeness (QED) is 0.561. The van der Waals surface area contributed by atoms with Crippen LogP contribution in [0.5, 0.6) is 0 Å². The molecule has 4 heteroatoms. The van der Waals surface area contributed by atoms with Gasteiger partial charge in [0, 0.05) is 12.8 Å². The van der Waals surface area contributed by atoms with E-state index in [1.165, 1.54) is 5.57 Å². The lowest BCUT2D eigenvalue weighted by Crippen LogP contribution is -2.44. The summed E-state index contributed by atoms with van der Waals surface area (Å²) >= 11 is 0. The molecule has 4 nitrogen and oxygen atoms in total. The van der Waals surface area contributed by atoms with E-state index in [4.69, 9.17) is 5.11 Å². The third-order valence-electron chi connectivity index (χ3n) is 5.57. The van der Waals surface area contributed by atoms with Gasteiger partial charge in [-0.25, -0.2) is 0 Å². The molecule has 138 valence electrons. The van der Waals surface area contributed by atoms with Crippen molar-refractivity contribution in [3.05, 3.63) is 47.5 Å². The number of fused-ring (bicyclic) bond motifs is 1. The Morgan fingerprint density at radius 1 is 1.27 bits per heavy atom. The van der Waals surface area contributed by atoms with Crippen molar-refractivity contribution in [1.82, 2.24) is 0 Å². The molecule has 5 atom stereocenters. The molecule has 1 aromatic carbocycles. The first kappa shape index (κ1) is 18.7. The van der Waals surface area contributed by atoms with Crippen molar-refractivity contribution in [2.24, 2.45) is 17.8 Å². The van der Waals surface area contributed by atoms with Crippen LogP contribution in [0.2, 0.25) is 0 Å². The highest BCUT2D eigenvalue weighted by atomic mass is 16.4. The lowest BCUT2D eigenvalue weighted by Gasteiger charge is -2.48. The molecule has 3 N–H and O–H groups in total. The molecule has 0 amide bonds. The fraction of sp³-hybridized carbons (Fsp3) is 0.500. The van der Waals surface area contributed by atoms with E-state index in [0.29, 0.717) is 31.1 Å². The number of carboxylic acid groups (broad SMARTS) is 1. The Hall–Kier alpha value is -2.09. The highest BCUT2D eigenvalue weighted by molar-refractivity contribution is 5.66. The van der Waals surface area contributed by atoms with Gasteiger partial charge in [0.25, 0.3) is 0 Å². The molecule has 1 unspecified atom stereocenters. The number of aliphatic hydroxyl groups excluding tert-OH is 2. The largest absolute Gasteiger partial charge is 0.481 e. The highest BCUT2D eigenvalue weighted by Crippen LogP contribution is 2.51. The number of benzene rings is 1. The van der Waals surface area contributed by atoms with E-state index >= 15 is 0 Å². The standard InChI is InChI=1S/C22H26O4/c23-17(13-15-5-2-1-3-6-15)9-10-19-20-14-16(7-4-8-22(25)26)18(20)11-12-21(19)24/h1-3,5-7,17-21,23-24H,4,8,11-14H2,(H,25,26)/b16-7-/t17?,18-,19-,20+,21-/m1/s1. The minimum Gasteiger partial charge on any atom is -0.481 e. The molecular weight excluding hydrogens is 328 g/mol. The van der Waals surface area contributed by atoms with E-state index in [-0.39, 0.29) is 12.3 Å². The van der Waals surface area contributed by atoms with Crippen LogP contribution in [0, 0.1) is 29.6 Å². The van der Waals surface area contributed by atoms with Gasteiger partial charge >= 0.3 is 5.97 Å². The van der Waals surface area contributed by atoms with Crippen molar-refractivity contribution < 1.29 is 20.1 Å². The van der Waals surface area contributed by atoms with Crippen LogP contribution in [0.25, 0.3) is 0 Å². The van der Waals surface area contributed by atoms with Crippen LogP contribution >= 0.6 is 0 Å². The van der Waals surface area contributed by atoms with E-state index in [1.54, 1.807) is 0 Å². The summed E-state index contributed by atoms with van der Waals surface area (Å²) in [6.07, 6.45) is 4.66. The van der Waals surface area contributed by atoms with Crippen molar-refractivity contribution in [3.8, 4) is 11.8 Å². The highest BCUT2D eigenvalue weighted by Gasteiger charge is 2.46. The predicted octanol–water partition coefficient (Wildman–Crippen LogP) is 2.79. The van der Waals surface area contributed by atoms with Gasteiger partial charge in [0.05, 0.1) is 12.0 Å². The number of rotatable bonds is 5. The maximum Gasteiger partial charge on any atom is 0.303 e. The van der Waals surface area contributed by atoms with Gasteiger partial charge in [-0.3, -0.25) is 4.79 Å². The molecule has 2 saturated carbocycles. The van der Waals surface area contributed by atoms with Crippen LogP contribution < -0.4 is 0 Å². The summed E-state index contributed by atoms with van der Waals surface area (Å²) in [4.78, 5) is 10.6. The molecule has 0 spiro atoms. The minimum absolute atomic E-state index is 0.101. The first-order valence-electron chi connectivity index (χ1n) is 9.36. The topological polar surface area (TPSA) is 77.8 Å². The Labute approximate surface area is 154 Å². The third-order valence-corrected chi connectivity index (χ3v) is 5.57. The minimum atomic E-state index is -0.770. The number of aliphatic carboxylic acids is 1. The molecule has 2 aliphatic carbocycles. The van der Waals surface area contributed by atoms with Gasteiger partial charge in [-0.15, -0.1) is 0 Å². The summed E-state index contributed by atoms with van der Waals surface area (Å²) in [5, 5.41) is 29.3. The van der Waals surface area contributed by atoms with Crippen LogP contribution in [-0.2, 0) is 11.2 Å². The van der Waals surface area contributed by atoms with Crippen molar-refractivity contribution >= 4 is 5.97 Å². The zero-order valence-electron chi connectivity index (χ0n) is 14.8. The van der Waals surface area contributed by atoms with Gasteiger partial charge in [-0.05, 0) is 43.1 Å². The number of carbonyl (C=O) groups is 1. The van der Waals surface area contributed by atoms with E-state index in [9.17, 15) is 15.0 Å². The smallest absolute Gasteiger partial charge is 0.303 e. The normalized spacial score (nSPS) is 29.8. The molecule has 1 aromatic rings. The predicted molar refractivity (Wildman–Crippen MR) is 99.2 cm³/mol. The number of carboxylic acids is 1. The average Bonchev–Trinajstić information content (AvgIpc) is 2.59. The molecule has 2 fully saturated rings. The molecule has 0 aromatic heterocycles. The lowest BCUT2D eigenvalue weighted by molar-refractivity contribution is -0.136. The van der Waals surface area contributed by atoms with E-state index in [1.807, 2.05) is 30.3 Å². The Morgan fingerprint density at radius 3 is 2.77 bits per heavy atom. The number of allylic oxidation sites excluding steroid dienone is 2. The summed E-state index contributed by atoms with van der Waals surface area (Å²) in [5.41, 5.74) is 2.36. The molecule has 0 aliphatic heterocycles. The second-order valence-corrected chi connectivity index (χ2v) is 7.35. The Kier molecular flexibility index (Phi) is 6.13. The summed E-state index contributed by atoms with van der Waals surface area (Å²) in [6.45, 7) is 0. The fourth-order valence-electron chi connectivity index (χ4n) is 4.17. The second-order valence-electron chi connectivity index (χ2n) is 7.35. The third kappa shape index (κ3) is 4.55. The van der Waals surface area contributed by atoms with Crippen LogP contribution in [0.4, 0.5) is 0 Å². The van der Waals surface area contributed by atoms with Gasteiger partial charge in [-0.2, -0.15) is 0 Å². The Balaban J connectivity index is 1.59. The van der Waals surface area contributed by atoms with Crippen molar-refractivity contribution in [3.63, 3.8) is 0 Å². The zero-order chi connectivity index (χ0) is 18.5. The molecule has 0 heterocycles. The first-order chi connectivity index (χ1) is 12.5. The molecule has 3 rings (SSSR count). The molecule has 0 saturated heterocycles. The summed E-state index contributed by atoms with van der Waals surface area (Å²) < 4.78 is 0. The van der Waals surface area contributed by atoms with Crippen LogP contribution in [0.1, 0.15) is 37.7 Å². The SMILES string of the molecule is O=C(O)CC/C=C1/C[C@@H]2[C@@H](C#CC(O)Cc3ccccc3)[C@H](O)CC[C@H]12. The van der Waals surface area contributed by atoms with Crippen molar-refractivity contribution in [1.29, 1.82) is 0 Å². The fourth-order valence-corrected chi connectivity index (χ4v) is 4.17. The van der Waals surface area contributed by atoms with Gasteiger partial charge in [0.15, 0.2) is 0 Å². The maximum atomic E-state index is 10.6. The van der Waals surface area contributed by atoms with Gasteiger partial charge in [-0.1, -0.05) is 53.8 Å². The Bertz CT molecular complexity index is 713. The van der Waals surface area contributed by atoms with E-state index in [0.717, 1.165) is 18.4 Å². The summed E-state index contributed by atoms with van der Waals surface area (Å²) in [7, 11) is 0. The molecule has 26 heavy (non-hydrogen) atoms. The van der Waals surface area contributed by atoms with Gasteiger partial charge in [0.2, 0.25) is 0 Å². The Morgan fingerprint density at radius 2 is 2.04 bits per heavy atom. The zero-order valence-corrected chi connectivity index (χ0v) is 14.8. The average molecular weight is 354 g/mol. The maximum absolute atomic E-state index is 10.6. The summed E-state index contributed by atoms with van der Waals surface area (Å²) in [5.74, 6) is 5.95. The first-order valence-corrected chi connectivity index (χ1v) is 9.36. The molecule has 2 aliphatic rings. The van der Waals surface area contributed by atoms with Gasteiger partial charge < -0.3 is 15.3 Å². The van der Waals surface area contributed by atoms with Crippen LogP contribution in [0.3, 0.4) is 0 Å². The van der Waals surface area contributed by atoms with Crippen molar-refractivity contribution in [2.45, 2.75) is 50.7 Å². The lowest BCUT2D eigenvalue weighted by atomic mass is 9.57. The van der Waals surface area contributed by atoms with Crippen molar-refractivity contribution in [2.75, 3.05) is 0 Å². The van der Waals surface area contributed by atoms with Crippen LogP contribution in [0.15, 0.2) is 42.0 Å². The van der Waals surface area contributed by atoms with E-state index < -0.39 is 18.2 Å². The molecule has 0 bridgehead atoms. The summed E-state index contributed by atoms with van der Waals surface area (Å²) in [6, 6.07) is 9.76. The monoisotopic (exact) mass is 354 g/mol. The van der Waals surface area contributed by atoms with E-state index in [2.05, 4.69) is 17.9 Å². The molecular formula is C22H26O4. The number of hydrogen-bond donors (Lipinski definition) is 3. The number of aliphatic hydroxyl groups is 2. The van der Waals surface area contributed by atoms with Crippen LogP contribution in [-0.4, -0.2) is 33.5 Å². The van der Waals surface area contributed by atoms with Gasteiger partial charge in [0.1, 0.15) is 6.10 Å².